The van der Waals surface area contributed by atoms with Gasteiger partial charge < -0.3 is 28.9 Å². The molecule has 1 atom stereocenters. The Morgan fingerprint density at radius 2 is 2.35 bits per heavy atom. The minimum Gasteiger partial charge on any atom is -1.00 e. The Bertz CT molecular complexity index is 430. The standard InChI is InChI=1S/C10H13IN4S.HI/c1-10(2)6(11)3-16-9-7-8(13-4-12-7)14-5-15(9)10;/h5-6,12H,3-4H2,1-2H3;1H. The number of amidine groups is 1. The first-order valence-electron chi connectivity index (χ1n) is 5.33. The van der Waals surface area contributed by atoms with Crippen molar-refractivity contribution in [1.29, 1.82) is 0 Å². The summed E-state index contributed by atoms with van der Waals surface area (Å²) >= 11 is 4.47. The molecule has 7 heteroatoms. The van der Waals surface area contributed by atoms with Crippen LogP contribution in [0.1, 0.15) is 13.8 Å². The minimum atomic E-state index is 0. The van der Waals surface area contributed by atoms with E-state index in [0.717, 1.165) is 18.3 Å². The number of thioether (sulfide) groups is 1. The molecular formula is C10H14I2N4S. The van der Waals surface area contributed by atoms with Gasteiger partial charge in [-0.15, -0.1) is 11.8 Å². The average Bonchev–Trinajstić information content (AvgIpc) is 2.71. The van der Waals surface area contributed by atoms with Gasteiger partial charge in [-0.3, -0.25) is 5.32 Å². The van der Waals surface area contributed by atoms with Crippen molar-refractivity contribution in [3.05, 3.63) is 10.7 Å². The molecule has 0 aromatic carbocycles. The molecule has 2 N–H and O–H groups in total. The molecule has 4 nitrogen and oxygen atoms in total. The highest BCUT2D eigenvalue weighted by molar-refractivity contribution is 14.1. The lowest BCUT2D eigenvalue weighted by Gasteiger charge is -2.46. The maximum atomic E-state index is 4.45. The lowest BCUT2D eigenvalue weighted by molar-refractivity contribution is -0.591. The largest absolute Gasteiger partial charge is 1.00 e. The summed E-state index contributed by atoms with van der Waals surface area (Å²) in [6.45, 7) is 5.36. The van der Waals surface area contributed by atoms with Crippen LogP contribution in [0.2, 0.25) is 0 Å². The summed E-state index contributed by atoms with van der Waals surface area (Å²) < 4.78 is 0.630. The number of nitrogens with zero attached hydrogens (tertiary/aromatic N) is 3. The number of halogens is 2. The van der Waals surface area contributed by atoms with E-state index in [2.05, 4.69) is 56.6 Å². The van der Waals surface area contributed by atoms with Crippen molar-refractivity contribution in [2.24, 2.45) is 9.98 Å². The third-order valence-corrected chi connectivity index (χ3v) is 7.03. The Kier molecular flexibility index (Phi) is 4.11. The van der Waals surface area contributed by atoms with Gasteiger partial charge in [0.05, 0.1) is 11.9 Å². The molecule has 0 spiro atoms. The van der Waals surface area contributed by atoms with Crippen LogP contribution in [0.5, 0.6) is 0 Å². The summed E-state index contributed by atoms with van der Waals surface area (Å²) in [4.78, 5) is 11.1. The third-order valence-electron chi connectivity index (χ3n) is 3.28. The van der Waals surface area contributed by atoms with Crippen molar-refractivity contribution in [1.82, 2.24) is 4.90 Å². The molecule has 94 valence electrons. The highest BCUT2D eigenvalue weighted by Crippen LogP contribution is 2.42. The van der Waals surface area contributed by atoms with Gasteiger partial charge in [0.1, 0.15) is 5.03 Å². The highest BCUT2D eigenvalue weighted by atomic mass is 127. The summed E-state index contributed by atoms with van der Waals surface area (Å²) in [7, 11) is 0. The zero-order chi connectivity index (χ0) is 11.3. The number of aliphatic imine (C=N–C) groups is 2. The molecule has 0 saturated carbocycles. The van der Waals surface area contributed by atoms with E-state index in [1.807, 2.05) is 18.1 Å². The Labute approximate surface area is 136 Å². The van der Waals surface area contributed by atoms with Crippen LogP contribution in [0.15, 0.2) is 20.7 Å². The number of hydrogen-bond donors (Lipinski definition) is 1. The van der Waals surface area contributed by atoms with Crippen LogP contribution in [0, 0.1) is 0 Å². The van der Waals surface area contributed by atoms with E-state index in [1.54, 1.807) is 0 Å². The second kappa shape index (κ2) is 4.97. The topological polar surface area (TPSA) is 44.6 Å². The first-order valence-corrected chi connectivity index (χ1v) is 7.56. The van der Waals surface area contributed by atoms with Gasteiger partial charge in [-0.2, -0.15) is 0 Å². The fourth-order valence-corrected chi connectivity index (χ4v) is 4.36. The number of hydrogen-bond acceptors (Lipinski definition) is 4. The van der Waals surface area contributed by atoms with Crippen molar-refractivity contribution >= 4 is 46.5 Å². The molecule has 1 fully saturated rings. The molecule has 0 aromatic heterocycles. The Morgan fingerprint density at radius 3 is 3.12 bits per heavy atom. The SMILES string of the molecule is CC1(C)C(I)CSC2=C3[NH2+]CN=C3N=CN21.[I-]. The molecule has 0 radical (unpaired) electrons. The molecule has 17 heavy (non-hydrogen) atoms. The van der Waals surface area contributed by atoms with Gasteiger partial charge in [0.2, 0.25) is 11.5 Å². The normalized spacial score (nSPS) is 29.5. The summed E-state index contributed by atoms with van der Waals surface area (Å²) in [5.41, 5.74) is 1.38. The van der Waals surface area contributed by atoms with Crippen LogP contribution < -0.4 is 29.3 Å². The summed E-state index contributed by atoms with van der Waals surface area (Å²) in [6, 6.07) is 0. The number of quaternary nitrogens is 1. The molecule has 1 saturated heterocycles. The van der Waals surface area contributed by atoms with Crippen molar-refractivity contribution in [2.45, 2.75) is 23.3 Å². The third kappa shape index (κ3) is 2.16. The maximum Gasteiger partial charge on any atom is 0.219 e. The predicted molar refractivity (Wildman–Crippen MR) is 75.9 cm³/mol. The second-order valence-corrected chi connectivity index (χ2v) is 7.15. The van der Waals surface area contributed by atoms with E-state index in [9.17, 15) is 0 Å². The molecule has 0 aromatic rings. The molecule has 0 bridgehead atoms. The molecular weight excluding hydrogens is 462 g/mol. The van der Waals surface area contributed by atoms with E-state index < -0.39 is 0 Å². The lowest BCUT2D eigenvalue weighted by Crippen LogP contribution is -3.00. The fraction of sp³-hybridized carbons (Fsp3) is 0.600. The highest BCUT2D eigenvalue weighted by Gasteiger charge is 2.44. The van der Waals surface area contributed by atoms with E-state index in [0.29, 0.717) is 3.92 Å². The number of nitrogens with two attached hydrogens (primary N) is 1. The van der Waals surface area contributed by atoms with Crippen molar-refractivity contribution in [3.8, 4) is 0 Å². The fourth-order valence-electron chi connectivity index (χ4n) is 2.05. The molecule has 3 aliphatic heterocycles. The van der Waals surface area contributed by atoms with Crippen molar-refractivity contribution < 1.29 is 29.3 Å². The Hall–Kier alpha value is 0.650. The zero-order valence-electron chi connectivity index (χ0n) is 9.65. The van der Waals surface area contributed by atoms with E-state index in [4.69, 9.17) is 0 Å². The van der Waals surface area contributed by atoms with E-state index >= 15 is 0 Å². The monoisotopic (exact) mass is 476 g/mol. The number of alkyl halides is 1. The molecule has 3 rings (SSSR count). The predicted octanol–water partition coefficient (Wildman–Crippen LogP) is -2.23. The van der Waals surface area contributed by atoms with E-state index in [1.165, 1.54) is 10.7 Å². The Balaban J connectivity index is 0.00000108. The van der Waals surface area contributed by atoms with Gasteiger partial charge in [-0.1, -0.05) is 22.6 Å². The summed E-state index contributed by atoms with van der Waals surface area (Å²) in [6.07, 6.45) is 1.95. The number of fused-ring (bicyclic) bond motifs is 2. The molecule has 0 aliphatic carbocycles. The van der Waals surface area contributed by atoms with Crippen LogP contribution in [-0.4, -0.2) is 39.0 Å². The van der Waals surface area contributed by atoms with Gasteiger partial charge in [0.15, 0.2) is 6.67 Å². The van der Waals surface area contributed by atoms with Crippen molar-refractivity contribution in [3.63, 3.8) is 0 Å². The van der Waals surface area contributed by atoms with E-state index in [-0.39, 0.29) is 29.5 Å². The minimum absolute atomic E-state index is 0. The first kappa shape index (κ1) is 14.1. The lowest BCUT2D eigenvalue weighted by atomic mass is 9.99. The van der Waals surface area contributed by atoms with Crippen LogP contribution in [0.25, 0.3) is 0 Å². The van der Waals surface area contributed by atoms with Gasteiger partial charge in [0, 0.05) is 9.68 Å². The molecule has 3 aliphatic rings. The number of rotatable bonds is 0. The van der Waals surface area contributed by atoms with Crippen LogP contribution in [0.4, 0.5) is 0 Å². The van der Waals surface area contributed by atoms with Gasteiger partial charge in [0.25, 0.3) is 0 Å². The quantitative estimate of drug-likeness (QED) is 0.318. The zero-order valence-corrected chi connectivity index (χ0v) is 14.8. The first-order chi connectivity index (χ1) is 7.60. The van der Waals surface area contributed by atoms with Crippen molar-refractivity contribution in [2.75, 3.05) is 12.4 Å². The smallest absolute Gasteiger partial charge is 0.219 e. The van der Waals surface area contributed by atoms with Gasteiger partial charge >= 0.3 is 0 Å². The second-order valence-electron chi connectivity index (χ2n) is 4.63. The molecule has 1 unspecified atom stereocenters. The van der Waals surface area contributed by atoms with Gasteiger partial charge in [-0.25, -0.2) is 9.98 Å². The molecule has 3 heterocycles. The maximum absolute atomic E-state index is 4.45. The summed E-state index contributed by atoms with van der Waals surface area (Å²) in [5, 5.41) is 3.52. The Morgan fingerprint density at radius 1 is 1.59 bits per heavy atom. The van der Waals surface area contributed by atoms with Gasteiger partial charge in [-0.05, 0) is 13.8 Å². The average molecular weight is 476 g/mol. The van der Waals surface area contributed by atoms with Crippen LogP contribution in [-0.2, 0) is 0 Å². The summed E-state index contributed by atoms with van der Waals surface area (Å²) in [5.74, 6) is 2.08. The molecule has 0 amide bonds. The van der Waals surface area contributed by atoms with Crippen LogP contribution in [0.3, 0.4) is 0 Å². The van der Waals surface area contributed by atoms with Crippen LogP contribution >= 0.6 is 34.4 Å².